The van der Waals surface area contributed by atoms with Crippen molar-refractivity contribution in [2.24, 2.45) is 16.8 Å². The molecule has 0 radical (unpaired) electrons. The topological polar surface area (TPSA) is 69.7 Å². The van der Waals surface area contributed by atoms with E-state index in [1.807, 2.05) is 0 Å². The molecule has 1 aromatic heterocycles. The number of aromatic amines is 1. The second-order valence-corrected chi connectivity index (χ2v) is 7.10. The molecule has 27 heavy (non-hydrogen) atoms. The summed E-state index contributed by atoms with van der Waals surface area (Å²) in [5.74, 6) is 0.886. The molecule has 0 amide bonds. The maximum Gasteiger partial charge on any atom is 0.310 e. The number of aryl methyl sites for hydroxylation is 1. The fourth-order valence-electron chi connectivity index (χ4n) is 3.75. The summed E-state index contributed by atoms with van der Waals surface area (Å²) in [5.41, 5.74) is 3.73. The van der Waals surface area contributed by atoms with E-state index in [1.165, 1.54) is 29.1 Å². The quantitative estimate of drug-likeness (QED) is 0.303. The molecule has 2 atom stereocenters. The molecule has 0 spiro atoms. The third kappa shape index (κ3) is 4.75. The zero-order valence-electron chi connectivity index (χ0n) is 16.4. The van der Waals surface area contributed by atoms with Crippen molar-refractivity contribution in [3.05, 3.63) is 35.5 Å². The summed E-state index contributed by atoms with van der Waals surface area (Å²) in [6, 6.07) is 6.49. The average molecular weight is 484 g/mol. The van der Waals surface area contributed by atoms with E-state index in [4.69, 9.17) is 4.74 Å². The Morgan fingerprint density at radius 3 is 2.89 bits per heavy atom. The SMILES string of the molecule is CN=C(NCCc1c[nH]c2cc(C)ccc12)N1CC(C)C(C(=O)OC)C1.I. The number of methoxy groups -OCH3 is 1. The van der Waals surface area contributed by atoms with Crippen LogP contribution in [0, 0.1) is 18.8 Å². The number of hydrogen-bond donors (Lipinski definition) is 2. The largest absolute Gasteiger partial charge is 0.469 e. The number of esters is 1. The maximum atomic E-state index is 11.9. The lowest BCUT2D eigenvalue weighted by Gasteiger charge is -2.21. The number of halogens is 1. The van der Waals surface area contributed by atoms with Crippen LogP contribution in [-0.4, -0.2) is 55.6 Å². The van der Waals surface area contributed by atoms with Crippen molar-refractivity contribution in [3.8, 4) is 0 Å². The number of carbonyl (C=O) groups is 1. The number of nitrogens with one attached hydrogen (secondary N) is 2. The van der Waals surface area contributed by atoms with Gasteiger partial charge >= 0.3 is 5.97 Å². The number of fused-ring (bicyclic) bond motifs is 1. The van der Waals surface area contributed by atoms with Crippen LogP contribution in [0.25, 0.3) is 10.9 Å². The van der Waals surface area contributed by atoms with Gasteiger partial charge in [0.1, 0.15) is 0 Å². The fourth-order valence-corrected chi connectivity index (χ4v) is 3.75. The first-order valence-electron chi connectivity index (χ1n) is 9.13. The molecule has 3 rings (SSSR count). The van der Waals surface area contributed by atoms with Gasteiger partial charge in [-0.15, -0.1) is 24.0 Å². The van der Waals surface area contributed by atoms with Gasteiger partial charge in [0.05, 0.1) is 13.0 Å². The Labute approximate surface area is 177 Å². The second kappa shape index (κ2) is 9.43. The molecule has 1 aromatic carbocycles. The van der Waals surface area contributed by atoms with Crippen molar-refractivity contribution in [3.63, 3.8) is 0 Å². The van der Waals surface area contributed by atoms with Gasteiger partial charge in [-0.05, 0) is 36.5 Å². The van der Waals surface area contributed by atoms with Crippen LogP contribution < -0.4 is 5.32 Å². The van der Waals surface area contributed by atoms with E-state index in [0.717, 1.165) is 25.5 Å². The summed E-state index contributed by atoms with van der Waals surface area (Å²) in [6.07, 6.45) is 2.99. The first kappa shape index (κ1) is 21.5. The molecule has 2 N–H and O–H groups in total. The van der Waals surface area contributed by atoms with Gasteiger partial charge in [0.2, 0.25) is 0 Å². The predicted molar refractivity (Wildman–Crippen MR) is 120 cm³/mol. The molecular formula is C20H29IN4O2. The van der Waals surface area contributed by atoms with Gasteiger partial charge < -0.3 is 19.9 Å². The molecule has 1 aliphatic heterocycles. The lowest BCUT2D eigenvalue weighted by molar-refractivity contribution is -0.145. The van der Waals surface area contributed by atoms with Gasteiger partial charge in [-0.3, -0.25) is 9.79 Å². The Morgan fingerprint density at radius 2 is 2.19 bits per heavy atom. The van der Waals surface area contributed by atoms with Crippen molar-refractivity contribution in [2.45, 2.75) is 20.3 Å². The number of rotatable bonds is 4. The number of benzene rings is 1. The van der Waals surface area contributed by atoms with Crippen LogP contribution in [-0.2, 0) is 16.0 Å². The minimum absolute atomic E-state index is 0. The average Bonchev–Trinajstić information content (AvgIpc) is 3.21. The number of ether oxygens (including phenoxy) is 1. The third-order valence-electron chi connectivity index (χ3n) is 5.23. The molecule has 1 fully saturated rings. The molecule has 2 aromatic rings. The molecule has 0 aliphatic carbocycles. The van der Waals surface area contributed by atoms with E-state index in [1.54, 1.807) is 7.05 Å². The maximum absolute atomic E-state index is 11.9. The second-order valence-electron chi connectivity index (χ2n) is 7.10. The number of carbonyl (C=O) groups excluding carboxylic acids is 1. The molecule has 1 saturated heterocycles. The molecule has 148 valence electrons. The minimum atomic E-state index is -0.135. The predicted octanol–water partition coefficient (Wildman–Crippen LogP) is 2.95. The van der Waals surface area contributed by atoms with Crippen molar-refractivity contribution in [1.29, 1.82) is 0 Å². The highest BCUT2D eigenvalue weighted by atomic mass is 127. The first-order chi connectivity index (χ1) is 12.5. The molecule has 0 saturated carbocycles. The number of guanidine groups is 1. The molecule has 1 aliphatic rings. The van der Waals surface area contributed by atoms with Gasteiger partial charge in [-0.25, -0.2) is 0 Å². The normalized spacial score (nSPS) is 19.9. The lowest BCUT2D eigenvalue weighted by atomic mass is 9.99. The number of likely N-dealkylation sites (tertiary alicyclic amines) is 1. The van der Waals surface area contributed by atoms with Gasteiger partial charge in [0, 0.05) is 43.8 Å². The first-order valence-corrected chi connectivity index (χ1v) is 9.13. The third-order valence-corrected chi connectivity index (χ3v) is 5.23. The van der Waals surface area contributed by atoms with Gasteiger partial charge in [-0.2, -0.15) is 0 Å². The molecule has 2 heterocycles. The van der Waals surface area contributed by atoms with Crippen molar-refractivity contribution in [1.82, 2.24) is 15.2 Å². The highest BCUT2D eigenvalue weighted by Gasteiger charge is 2.36. The summed E-state index contributed by atoms with van der Waals surface area (Å²) in [4.78, 5) is 21.8. The summed E-state index contributed by atoms with van der Waals surface area (Å²) >= 11 is 0. The minimum Gasteiger partial charge on any atom is -0.469 e. The van der Waals surface area contributed by atoms with E-state index in [-0.39, 0.29) is 41.8 Å². The molecular weight excluding hydrogens is 455 g/mol. The summed E-state index contributed by atoms with van der Waals surface area (Å²) < 4.78 is 4.92. The Morgan fingerprint density at radius 1 is 1.41 bits per heavy atom. The fraction of sp³-hybridized carbons (Fsp3) is 0.500. The van der Waals surface area contributed by atoms with E-state index in [2.05, 4.69) is 58.4 Å². The van der Waals surface area contributed by atoms with Crippen LogP contribution in [0.5, 0.6) is 0 Å². The Kier molecular flexibility index (Phi) is 7.52. The van der Waals surface area contributed by atoms with Crippen LogP contribution in [0.4, 0.5) is 0 Å². The van der Waals surface area contributed by atoms with E-state index >= 15 is 0 Å². The van der Waals surface area contributed by atoms with E-state index in [0.29, 0.717) is 6.54 Å². The zero-order chi connectivity index (χ0) is 18.7. The van der Waals surface area contributed by atoms with Crippen LogP contribution in [0.15, 0.2) is 29.4 Å². The zero-order valence-corrected chi connectivity index (χ0v) is 18.7. The van der Waals surface area contributed by atoms with Crippen LogP contribution in [0.2, 0.25) is 0 Å². The van der Waals surface area contributed by atoms with Gasteiger partial charge in [0.15, 0.2) is 5.96 Å². The van der Waals surface area contributed by atoms with Gasteiger partial charge in [-0.1, -0.05) is 19.1 Å². The molecule has 7 heteroatoms. The number of aromatic nitrogens is 1. The number of aliphatic imine (C=N–C) groups is 1. The van der Waals surface area contributed by atoms with Crippen molar-refractivity contribution < 1.29 is 9.53 Å². The Bertz CT molecular complexity index is 817. The molecule has 2 unspecified atom stereocenters. The smallest absolute Gasteiger partial charge is 0.310 e. The lowest BCUT2D eigenvalue weighted by Crippen LogP contribution is -2.41. The van der Waals surface area contributed by atoms with E-state index < -0.39 is 0 Å². The molecule has 6 nitrogen and oxygen atoms in total. The number of nitrogens with zero attached hydrogens (tertiary/aromatic N) is 2. The standard InChI is InChI=1S/C20H28N4O2.HI/c1-13-5-6-16-15(10-23-18(16)9-13)7-8-22-20(21-3)24-11-14(2)17(12-24)19(25)26-4;/h5-6,9-10,14,17,23H,7-8,11-12H2,1-4H3,(H,21,22);1H. The highest BCUT2D eigenvalue weighted by molar-refractivity contribution is 14.0. The Hall–Kier alpha value is -1.77. The van der Waals surface area contributed by atoms with Crippen LogP contribution >= 0.6 is 24.0 Å². The summed E-state index contributed by atoms with van der Waals surface area (Å²) in [5, 5.41) is 4.70. The van der Waals surface area contributed by atoms with Gasteiger partial charge in [0.25, 0.3) is 0 Å². The number of H-pyrrole nitrogens is 1. The summed E-state index contributed by atoms with van der Waals surface area (Å²) in [7, 11) is 3.24. The van der Waals surface area contributed by atoms with Crippen LogP contribution in [0.3, 0.4) is 0 Å². The number of hydrogen-bond acceptors (Lipinski definition) is 3. The summed E-state index contributed by atoms with van der Waals surface area (Å²) in [6.45, 7) is 6.44. The van der Waals surface area contributed by atoms with Crippen molar-refractivity contribution in [2.75, 3.05) is 33.8 Å². The van der Waals surface area contributed by atoms with Crippen molar-refractivity contribution >= 4 is 46.8 Å². The molecule has 0 bridgehead atoms. The Balaban J connectivity index is 0.00000261. The monoisotopic (exact) mass is 484 g/mol. The van der Waals surface area contributed by atoms with E-state index in [9.17, 15) is 4.79 Å². The van der Waals surface area contributed by atoms with Crippen LogP contribution in [0.1, 0.15) is 18.1 Å². The highest BCUT2D eigenvalue weighted by Crippen LogP contribution is 2.24.